The third kappa shape index (κ3) is 10.1. The van der Waals surface area contributed by atoms with Crippen LogP contribution in [0.2, 0.25) is 0 Å². The summed E-state index contributed by atoms with van der Waals surface area (Å²) in [6.45, 7) is 12.1. The Balaban J connectivity index is 1.39. The molecule has 2 heterocycles. The standard InChI is InChI=1S/C38H50FN5O10S/c1-7-24-18-38(24,34(48)42-55(51,52)27-14-15-27)41-32(46)31-17-26(53-36(50)43-19-23-9-8-10-29(39)28(23)21-43)20-44(31)33(47)30(40-35(49)54-37(4,5)6)16-13-25(45)12-11-22(2)3/h7-12,22,24,26-27,30-31H,1,13-21H2,2-6H3,(H,40,49)(H,41,46)(H,42,48)/b12-11+/t24-,26?,30+,31+,38-/m1/s1. The minimum Gasteiger partial charge on any atom is -0.444 e. The van der Waals surface area contributed by atoms with Crippen LogP contribution in [0.25, 0.3) is 0 Å². The second-order valence-electron chi connectivity index (χ2n) is 16.0. The Hall–Kier alpha value is -4.80. The first-order valence-electron chi connectivity index (χ1n) is 18.5. The lowest BCUT2D eigenvalue weighted by atomic mass is 10.0. The number of allylic oxidation sites excluding steroid dienone is 2. The highest BCUT2D eigenvalue weighted by Gasteiger charge is 2.62. The van der Waals surface area contributed by atoms with Crippen molar-refractivity contribution in [1.29, 1.82) is 0 Å². The number of ether oxygens (including phenoxy) is 2. The molecule has 2 aliphatic carbocycles. The minimum absolute atomic E-state index is 0.0499. The molecule has 300 valence electrons. The maximum atomic E-state index is 14.4. The van der Waals surface area contributed by atoms with Gasteiger partial charge < -0.3 is 25.0 Å². The van der Waals surface area contributed by atoms with Crippen LogP contribution >= 0.6 is 0 Å². The number of nitrogens with zero attached hydrogens (tertiary/aromatic N) is 2. The van der Waals surface area contributed by atoms with Gasteiger partial charge in [0, 0.05) is 30.9 Å². The molecule has 17 heteroatoms. The van der Waals surface area contributed by atoms with Crippen molar-refractivity contribution in [3.8, 4) is 0 Å². The van der Waals surface area contributed by atoms with Crippen LogP contribution in [-0.2, 0) is 51.8 Å². The third-order valence-electron chi connectivity index (χ3n) is 9.88. The van der Waals surface area contributed by atoms with Crippen molar-refractivity contribution in [2.24, 2.45) is 11.8 Å². The predicted molar refractivity (Wildman–Crippen MR) is 197 cm³/mol. The van der Waals surface area contributed by atoms with Gasteiger partial charge in [0.25, 0.3) is 5.91 Å². The predicted octanol–water partition coefficient (Wildman–Crippen LogP) is 3.37. The lowest BCUT2D eigenvalue weighted by Crippen LogP contribution is -2.58. The van der Waals surface area contributed by atoms with Gasteiger partial charge in [0.05, 0.1) is 18.3 Å². The van der Waals surface area contributed by atoms with Gasteiger partial charge >= 0.3 is 12.2 Å². The Bertz CT molecular complexity index is 1870. The number of carbonyl (C=O) groups excluding carboxylic acids is 6. The fourth-order valence-corrected chi connectivity index (χ4v) is 8.06. The van der Waals surface area contributed by atoms with Gasteiger partial charge in [-0.2, -0.15) is 0 Å². The molecule has 1 unspecified atom stereocenters. The minimum atomic E-state index is -3.97. The van der Waals surface area contributed by atoms with Gasteiger partial charge in [-0.3, -0.25) is 28.8 Å². The van der Waals surface area contributed by atoms with E-state index in [2.05, 4.69) is 21.9 Å². The van der Waals surface area contributed by atoms with Crippen LogP contribution < -0.4 is 15.4 Å². The molecule has 1 aromatic rings. The Morgan fingerprint density at radius 1 is 1.11 bits per heavy atom. The number of fused-ring (bicyclic) bond motifs is 1. The van der Waals surface area contributed by atoms with Crippen molar-refractivity contribution in [2.75, 3.05) is 6.54 Å². The van der Waals surface area contributed by atoms with Gasteiger partial charge in [0.2, 0.25) is 21.8 Å². The second-order valence-corrected chi connectivity index (χ2v) is 17.9. The van der Waals surface area contributed by atoms with E-state index in [-0.39, 0.29) is 57.0 Å². The molecule has 0 aromatic heterocycles. The van der Waals surface area contributed by atoms with Crippen molar-refractivity contribution < 1.29 is 51.0 Å². The van der Waals surface area contributed by atoms with E-state index in [1.165, 1.54) is 29.2 Å². The van der Waals surface area contributed by atoms with E-state index in [1.807, 2.05) is 13.8 Å². The summed E-state index contributed by atoms with van der Waals surface area (Å²) >= 11 is 0. The van der Waals surface area contributed by atoms with Gasteiger partial charge in [0.15, 0.2) is 5.78 Å². The third-order valence-corrected chi connectivity index (χ3v) is 11.7. The average Bonchev–Trinajstić information content (AvgIpc) is 3.98. The largest absolute Gasteiger partial charge is 0.444 e. The van der Waals surface area contributed by atoms with Crippen LogP contribution in [0.4, 0.5) is 14.0 Å². The molecule has 5 atom stereocenters. The van der Waals surface area contributed by atoms with E-state index in [9.17, 15) is 41.6 Å². The van der Waals surface area contributed by atoms with E-state index in [4.69, 9.17) is 9.47 Å². The molecule has 0 spiro atoms. The first-order valence-corrected chi connectivity index (χ1v) is 20.0. The zero-order valence-electron chi connectivity index (χ0n) is 31.8. The zero-order valence-corrected chi connectivity index (χ0v) is 32.6. The summed E-state index contributed by atoms with van der Waals surface area (Å²) < 4.78 is 53.0. The number of sulfonamides is 1. The molecule has 1 aromatic carbocycles. The van der Waals surface area contributed by atoms with Crippen LogP contribution in [0.15, 0.2) is 43.0 Å². The summed E-state index contributed by atoms with van der Waals surface area (Å²) in [4.78, 5) is 83.5. The van der Waals surface area contributed by atoms with E-state index in [1.54, 1.807) is 32.9 Å². The number of rotatable bonds is 14. The first kappa shape index (κ1) is 41.4. The molecule has 15 nitrogen and oxygen atoms in total. The first-order chi connectivity index (χ1) is 25.7. The van der Waals surface area contributed by atoms with Gasteiger partial charge in [-0.1, -0.05) is 38.1 Å². The van der Waals surface area contributed by atoms with Crippen molar-refractivity contribution in [2.45, 2.75) is 121 Å². The van der Waals surface area contributed by atoms with E-state index in [0.717, 1.165) is 4.90 Å². The van der Waals surface area contributed by atoms with Crippen molar-refractivity contribution in [1.82, 2.24) is 25.2 Å². The molecular formula is C38H50FN5O10S. The number of halogens is 1. The zero-order chi connectivity index (χ0) is 40.5. The Morgan fingerprint density at radius 2 is 1.82 bits per heavy atom. The molecule has 5 rings (SSSR count). The van der Waals surface area contributed by atoms with E-state index in [0.29, 0.717) is 24.0 Å². The smallest absolute Gasteiger partial charge is 0.410 e. The molecule has 5 amide bonds. The molecule has 3 fully saturated rings. The van der Waals surface area contributed by atoms with Crippen LogP contribution in [-0.4, -0.2) is 95.0 Å². The molecule has 4 aliphatic rings. The Labute approximate surface area is 320 Å². The summed E-state index contributed by atoms with van der Waals surface area (Å²) in [6.07, 6.45) is 2.01. The topological polar surface area (TPSA) is 198 Å². The van der Waals surface area contributed by atoms with Crippen LogP contribution in [0.1, 0.15) is 84.3 Å². The number of hydrogen-bond donors (Lipinski definition) is 3. The highest BCUT2D eigenvalue weighted by molar-refractivity contribution is 7.91. The molecule has 0 bridgehead atoms. The maximum absolute atomic E-state index is 14.4. The summed E-state index contributed by atoms with van der Waals surface area (Å²) in [7, 11) is -3.97. The van der Waals surface area contributed by atoms with Crippen LogP contribution in [0.3, 0.4) is 0 Å². The highest BCUT2D eigenvalue weighted by Crippen LogP contribution is 2.45. The van der Waals surface area contributed by atoms with Crippen LogP contribution in [0.5, 0.6) is 0 Å². The van der Waals surface area contributed by atoms with Crippen molar-refractivity contribution in [3.05, 3.63) is 60.0 Å². The fraction of sp³-hybridized carbons (Fsp3) is 0.579. The van der Waals surface area contributed by atoms with Crippen LogP contribution in [0, 0.1) is 17.7 Å². The summed E-state index contributed by atoms with van der Waals surface area (Å²) in [5.41, 5.74) is -1.64. The SMILES string of the molecule is C=C[C@@H]1C[C@]1(NC(=O)[C@@H]1CC(OC(=O)N2Cc3cccc(F)c3C2)CN1C(=O)[C@H](CCC(=O)/C=C/C(C)C)NC(=O)OC(C)(C)C)C(=O)NS(=O)(=O)C1CC1. The monoisotopic (exact) mass is 787 g/mol. The highest BCUT2D eigenvalue weighted by atomic mass is 32.2. The average molecular weight is 788 g/mol. The van der Waals surface area contributed by atoms with Gasteiger partial charge in [-0.15, -0.1) is 6.58 Å². The number of ketones is 1. The lowest BCUT2D eigenvalue weighted by Gasteiger charge is -2.30. The van der Waals surface area contributed by atoms with Gasteiger partial charge in [-0.05, 0) is 70.1 Å². The number of alkyl carbamates (subject to hydrolysis) is 1. The molecular weight excluding hydrogens is 738 g/mol. The second kappa shape index (κ2) is 16.1. The Morgan fingerprint density at radius 3 is 2.42 bits per heavy atom. The number of carbonyl (C=O) groups is 6. The summed E-state index contributed by atoms with van der Waals surface area (Å²) in [6, 6.07) is 1.79. The number of benzene rings is 1. The number of hydrogen-bond acceptors (Lipinski definition) is 10. The summed E-state index contributed by atoms with van der Waals surface area (Å²) in [5.74, 6) is -3.86. The molecule has 2 saturated carbocycles. The number of nitrogens with one attached hydrogen (secondary N) is 3. The number of amides is 5. The molecule has 55 heavy (non-hydrogen) atoms. The lowest BCUT2D eigenvalue weighted by molar-refractivity contribution is -0.141. The summed E-state index contributed by atoms with van der Waals surface area (Å²) in [5, 5.41) is 4.49. The molecule has 1 saturated heterocycles. The van der Waals surface area contributed by atoms with E-state index < -0.39 is 86.2 Å². The normalized spacial score (nSPS) is 23.9. The Kier molecular flexibility index (Phi) is 12.1. The maximum Gasteiger partial charge on any atom is 0.410 e. The van der Waals surface area contributed by atoms with Crippen molar-refractivity contribution in [3.63, 3.8) is 0 Å². The van der Waals surface area contributed by atoms with Gasteiger partial charge in [-0.25, -0.2) is 22.4 Å². The molecule has 3 N–H and O–H groups in total. The van der Waals surface area contributed by atoms with Crippen molar-refractivity contribution >= 4 is 45.7 Å². The molecule has 2 aliphatic heterocycles. The van der Waals surface area contributed by atoms with E-state index >= 15 is 0 Å². The fourth-order valence-electron chi connectivity index (χ4n) is 6.70. The number of likely N-dealkylation sites (tertiary alicyclic amines) is 1. The quantitative estimate of drug-likeness (QED) is 0.186. The van der Waals surface area contributed by atoms with Gasteiger partial charge in [0.1, 0.15) is 35.1 Å². The molecule has 0 radical (unpaired) electrons.